The van der Waals surface area contributed by atoms with Gasteiger partial charge < -0.3 is 14.2 Å². The largest absolute Gasteiger partial charge is 0.496 e. The molecule has 3 aromatic rings. The maximum atomic E-state index is 11.9. The maximum Gasteiger partial charge on any atom is 0.337 e. The van der Waals surface area contributed by atoms with E-state index in [1.807, 2.05) is 50.2 Å². The van der Waals surface area contributed by atoms with Crippen LogP contribution in [0.25, 0.3) is 10.9 Å². The molecule has 1 aromatic heterocycles. The number of aryl methyl sites for hydroxylation is 1. The normalized spacial score (nSPS) is 18.7. The molecule has 2 aromatic carbocycles. The number of benzene rings is 2. The topological polar surface area (TPSA) is 82.4 Å². The van der Waals surface area contributed by atoms with Crippen LogP contribution in [0.4, 0.5) is 0 Å². The minimum absolute atomic E-state index is 0.101. The van der Waals surface area contributed by atoms with E-state index >= 15 is 0 Å². The van der Waals surface area contributed by atoms with Crippen molar-refractivity contribution in [1.29, 1.82) is 0 Å². The van der Waals surface area contributed by atoms with Crippen LogP contribution < -0.4 is 4.74 Å². The van der Waals surface area contributed by atoms with E-state index < -0.39 is 0 Å². The zero-order valence-electron chi connectivity index (χ0n) is 20.1. The van der Waals surface area contributed by atoms with Crippen molar-refractivity contribution in [3.63, 3.8) is 0 Å². The Balaban J connectivity index is 1.71. The number of carbonyl (C=O) groups excluding carboxylic acids is 1. The molecule has 1 saturated heterocycles. The van der Waals surface area contributed by atoms with Crippen molar-refractivity contribution in [3.05, 3.63) is 69.8 Å². The fraction of sp³-hybridized carbons (Fsp3) is 0.423. The van der Waals surface area contributed by atoms with Gasteiger partial charge in [-0.1, -0.05) is 12.1 Å². The summed E-state index contributed by atoms with van der Waals surface area (Å²) in [4.78, 5) is 25.7. The number of ether oxygens (including phenoxy) is 3. The lowest BCUT2D eigenvalue weighted by molar-refractivity contribution is -0.0138. The minimum atomic E-state index is -0.348. The van der Waals surface area contributed by atoms with Crippen LogP contribution in [0.2, 0.25) is 0 Å². The Morgan fingerprint density at radius 3 is 2.59 bits per heavy atom. The third kappa shape index (κ3) is 4.56. The molecule has 1 fully saturated rings. The van der Waals surface area contributed by atoms with Crippen molar-refractivity contribution in [1.82, 2.24) is 9.58 Å². The number of rotatable bonds is 8. The van der Waals surface area contributed by atoms with E-state index in [2.05, 4.69) is 10.2 Å². The SMILES string of the molecule is CCO[C@H]1CCN(Cc2c(OC)cc(C)c3c2ccn3N=O)[C@H](c2ccc(C(=O)OC)cc2)C1. The molecule has 0 unspecified atom stereocenters. The van der Waals surface area contributed by atoms with E-state index in [4.69, 9.17) is 14.2 Å². The average molecular weight is 466 g/mol. The van der Waals surface area contributed by atoms with Gasteiger partial charge in [0.1, 0.15) is 5.75 Å². The van der Waals surface area contributed by atoms with Crippen LogP contribution in [0.3, 0.4) is 0 Å². The van der Waals surface area contributed by atoms with E-state index in [0.29, 0.717) is 18.7 Å². The summed E-state index contributed by atoms with van der Waals surface area (Å²) < 4.78 is 18.0. The molecule has 0 amide bonds. The van der Waals surface area contributed by atoms with Crippen molar-refractivity contribution < 1.29 is 19.0 Å². The van der Waals surface area contributed by atoms with Gasteiger partial charge in [0, 0.05) is 42.9 Å². The Morgan fingerprint density at radius 2 is 1.94 bits per heavy atom. The molecule has 0 saturated carbocycles. The fourth-order valence-corrected chi connectivity index (χ4v) is 5.02. The van der Waals surface area contributed by atoms with Gasteiger partial charge in [-0.05, 0) is 62.1 Å². The first-order chi connectivity index (χ1) is 16.5. The van der Waals surface area contributed by atoms with Crippen LogP contribution in [0.5, 0.6) is 5.75 Å². The average Bonchev–Trinajstić information content (AvgIpc) is 3.31. The lowest BCUT2D eigenvalue weighted by Gasteiger charge is -2.40. The molecule has 4 rings (SSSR count). The van der Waals surface area contributed by atoms with Gasteiger partial charge in [-0.15, -0.1) is 4.91 Å². The highest BCUT2D eigenvalue weighted by atomic mass is 16.5. The summed E-state index contributed by atoms with van der Waals surface area (Å²) in [7, 11) is 3.05. The molecule has 8 nitrogen and oxygen atoms in total. The summed E-state index contributed by atoms with van der Waals surface area (Å²) in [5, 5.41) is 4.10. The number of hydrogen-bond donors (Lipinski definition) is 0. The second-order valence-electron chi connectivity index (χ2n) is 8.58. The van der Waals surface area contributed by atoms with Crippen LogP contribution in [-0.4, -0.2) is 49.0 Å². The summed E-state index contributed by atoms with van der Waals surface area (Å²) in [5.74, 6) is 0.444. The zero-order chi connectivity index (χ0) is 24.2. The number of methoxy groups -OCH3 is 2. The molecule has 0 aliphatic carbocycles. The molecule has 34 heavy (non-hydrogen) atoms. The van der Waals surface area contributed by atoms with E-state index in [1.54, 1.807) is 13.3 Å². The van der Waals surface area contributed by atoms with Gasteiger partial charge in [0.05, 0.1) is 36.7 Å². The Hall–Kier alpha value is -3.23. The van der Waals surface area contributed by atoms with Gasteiger partial charge in [0.25, 0.3) is 0 Å². The Bertz CT molecular complexity index is 1170. The van der Waals surface area contributed by atoms with Crippen LogP contribution >= 0.6 is 0 Å². The molecular formula is C26H31N3O5. The molecule has 0 bridgehead atoms. The molecule has 180 valence electrons. The summed E-state index contributed by atoms with van der Waals surface area (Å²) in [5.41, 5.74) is 4.40. The van der Waals surface area contributed by atoms with Gasteiger partial charge in [0.2, 0.25) is 0 Å². The fourth-order valence-electron chi connectivity index (χ4n) is 5.02. The number of carbonyl (C=O) groups is 1. The predicted molar refractivity (Wildman–Crippen MR) is 130 cm³/mol. The summed E-state index contributed by atoms with van der Waals surface area (Å²) in [6.07, 6.45) is 3.64. The standard InChI is InChI=1S/C26H31N3O5/c1-5-34-20-10-12-28(23(15-20)18-6-8-19(9-7-18)26(30)33-4)16-22-21-11-13-29(27-31)25(21)17(2)14-24(22)32-3/h6-9,11,13-14,20,23H,5,10,12,15-16H2,1-4H3/t20-,23-/m0/s1. The van der Waals surface area contributed by atoms with E-state index in [-0.39, 0.29) is 18.1 Å². The first-order valence-electron chi connectivity index (χ1n) is 11.6. The highest BCUT2D eigenvalue weighted by molar-refractivity contribution is 5.89. The third-order valence-corrected chi connectivity index (χ3v) is 6.66. The van der Waals surface area contributed by atoms with E-state index in [1.165, 1.54) is 11.8 Å². The highest BCUT2D eigenvalue weighted by Gasteiger charge is 2.31. The number of nitrogens with zero attached hydrogens (tertiary/aromatic N) is 3. The molecule has 1 aliphatic heterocycles. The molecule has 2 heterocycles. The van der Waals surface area contributed by atoms with Crippen molar-refractivity contribution in [2.24, 2.45) is 5.29 Å². The first-order valence-corrected chi connectivity index (χ1v) is 11.6. The second kappa shape index (κ2) is 10.4. The number of likely N-dealkylation sites (tertiary alicyclic amines) is 1. The van der Waals surface area contributed by atoms with E-state index in [9.17, 15) is 9.70 Å². The molecule has 8 heteroatoms. The smallest absolute Gasteiger partial charge is 0.337 e. The Labute approximate surface area is 199 Å². The quantitative estimate of drug-likeness (QED) is 0.343. The first kappa shape index (κ1) is 23.9. The van der Waals surface area contributed by atoms with Gasteiger partial charge >= 0.3 is 5.97 Å². The number of nitroso groups, excluding NO2 is 1. The van der Waals surface area contributed by atoms with Crippen molar-refractivity contribution >= 4 is 16.9 Å². The van der Waals surface area contributed by atoms with E-state index in [0.717, 1.165) is 52.7 Å². The molecular weight excluding hydrogens is 434 g/mol. The predicted octanol–water partition coefficient (Wildman–Crippen LogP) is 5.02. The van der Waals surface area contributed by atoms with Gasteiger partial charge in [-0.2, -0.15) is 0 Å². The van der Waals surface area contributed by atoms with Crippen LogP contribution in [0, 0.1) is 11.8 Å². The number of fused-ring (bicyclic) bond motifs is 1. The minimum Gasteiger partial charge on any atom is -0.496 e. The third-order valence-electron chi connectivity index (χ3n) is 6.66. The molecule has 1 aliphatic rings. The number of esters is 1. The Morgan fingerprint density at radius 1 is 1.18 bits per heavy atom. The van der Waals surface area contributed by atoms with Crippen LogP contribution in [-0.2, 0) is 16.0 Å². The van der Waals surface area contributed by atoms with Gasteiger partial charge in [0.15, 0.2) is 0 Å². The van der Waals surface area contributed by atoms with Gasteiger partial charge in [-0.25, -0.2) is 9.47 Å². The monoisotopic (exact) mass is 465 g/mol. The maximum absolute atomic E-state index is 11.9. The number of aromatic nitrogens is 1. The summed E-state index contributed by atoms with van der Waals surface area (Å²) in [6.45, 7) is 6.14. The number of hydrogen-bond acceptors (Lipinski definition) is 7. The van der Waals surface area contributed by atoms with Crippen molar-refractivity contribution in [2.45, 2.75) is 45.4 Å². The van der Waals surface area contributed by atoms with Crippen LogP contribution in [0.15, 0.2) is 47.9 Å². The molecule has 2 atom stereocenters. The summed E-state index contributed by atoms with van der Waals surface area (Å²) in [6, 6.07) is 11.6. The molecule has 0 spiro atoms. The van der Waals surface area contributed by atoms with Gasteiger partial charge in [-0.3, -0.25) is 4.90 Å². The number of piperidine rings is 1. The molecule has 0 N–H and O–H groups in total. The van der Waals surface area contributed by atoms with Crippen molar-refractivity contribution in [2.75, 3.05) is 27.4 Å². The Kier molecular flexibility index (Phi) is 7.29. The highest BCUT2D eigenvalue weighted by Crippen LogP contribution is 2.38. The van der Waals surface area contributed by atoms with Crippen LogP contribution in [0.1, 0.15) is 52.9 Å². The van der Waals surface area contributed by atoms with Crippen molar-refractivity contribution in [3.8, 4) is 5.75 Å². The lowest BCUT2D eigenvalue weighted by Crippen LogP contribution is -2.39. The molecule has 0 radical (unpaired) electrons. The zero-order valence-corrected chi connectivity index (χ0v) is 20.1. The lowest BCUT2D eigenvalue weighted by atomic mass is 9.91. The second-order valence-corrected chi connectivity index (χ2v) is 8.58. The summed E-state index contributed by atoms with van der Waals surface area (Å²) >= 11 is 0.